The minimum absolute atomic E-state index is 0.318. The Morgan fingerprint density at radius 1 is 1.38 bits per heavy atom. The van der Waals surface area contributed by atoms with Crippen LogP contribution in [0.3, 0.4) is 0 Å². The van der Waals surface area contributed by atoms with Gasteiger partial charge in [0.15, 0.2) is 0 Å². The summed E-state index contributed by atoms with van der Waals surface area (Å²) >= 11 is 0. The molecule has 0 bridgehead atoms. The van der Waals surface area contributed by atoms with E-state index in [-0.39, 0.29) is 0 Å². The second kappa shape index (κ2) is 5.87. The Labute approximate surface area is 96.8 Å². The van der Waals surface area contributed by atoms with Crippen molar-refractivity contribution >= 4 is 0 Å². The summed E-state index contributed by atoms with van der Waals surface area (Å²) in [7, 11) is 1.95. The van der Waals surface area contributed by atoms with Gasteiger partial charge in [-0.25, -0.2) is 0 Å². The van der Waals surface area contributed by atoms with Crippen LogP contribution < -0.4 is 10.1 Å². The fraction of sp³-hybridized carbons (Fsp3) is 0.538. The Balaban J connectivity index is 1.94. The third-order valence-corrected chi connectivity index (χ3v) is 2.75. The molecule has 1 aromatic rings. The fourth-order valence-electron chi connectivity index (χ4n) is 1.92. The van der Waals surface area contributed by atoms with Gasteiger partial charge in [-0.2, -0.15) is 0 Å². The molecule has 16 heavy (non-hydrogen) atoms. The Hall–Kier alpha value is -1.06. The smallest absolute Gasteiger partial charge is 0.120 e. The van der Waals surface area contributed by atoms with E-state index < -0.39 is 0 Å². The normalized spacial score (nSPS) is 17.3. The molecule has 88 valence electrons. The molecule has 2 rings (SSSR count). The van der Waals surface area contributed by atoms with Crippen molar-refractivity contribution in [1.82, 2.24) is 5.32 Å². The van der Waals surface area contributed by atoms with Gasteiger partial charge in [-0.15, -0.1) is 0 Å². The number of ether oxygens (including phenoxy) is 2. The van der Waals surface area contributed by atoms with Gasteiger partial charge in [0.1, 0.15) is 11.9 Å². The molecule has 0 aliphatic carbocycles. The molecule has 0 atom stereocenters. The van der Waals surface area contributed by atoms with Crippen LogP contribution in [-0.2, 0) is 11.3 Å². The van der Waals surface area contributed by atoms with E-state index in [2.05, 4.69) is 17.4 Å². The lowest BCUT2D eigenvalue weighted by Crippen LogP contribution is -2.25. The molecular weight excluding hydrogens is 202 g/mol. The van der Waals surface area contributed by atoms with Crippen molar-refractivity contribution in [3.8, 4) is 5.75 Å². The van der Waals surface area contributed by atoms with Crippen molar-refractivity contribution in [2.24, 2.45) is 0 Å². The lowest BCUT2D eigenvalue weighted by atomic mass is 10.1. The standard InChI is InChI=1S/C13H19NO2/c1-14-10-11-3-2-4-13(9-11)16-12-5-7-15-8-6-12/h2-4,9,12,14H,5-8,10H2,1H3. The first-order valence-corrected chi connectivity index (χ1v) is 5.86. The monoisotopic (exact) mass is 221 g/mol. The average molecular weight is 221 g/mol. The van der Waals surface area contributed by atoms with Gasteiger partial charge in [0.2, 0.25) is 0 Å². The zero-order chi connectivity index (χ0) is 11.2. The first-order valence-electron chi connectivity index (χ1n) is 5.86. The van der Waals surface area contributed by atoms with E-state index in [4.69, 9.17) is 9.47 Å². The van der Waals surface area contributed by atoms with Crippen LogP contribution in [0.4, 0.5) is 0 Å². The maximum atomic E-state index is 5.93. The summed E-state index contributed by atoms with van der Waals surface area (Å²) < 4.78 is 11.2. The molecule has 0 radical (unpaired) electrons. The highest BCUT2D eigenvalue weighted by Crippen LogP contribution is 2.19. The third-order valence-electron chi connectivity index (χ3n) is 2.75. The molecule has 0 amide bonds. The quantitative estimate of drug-likeness (QED) is 0.843. The van der Waals surface area contributed by atoms with Gasteiger partial charge in [-0.05, 0) is 24.7 Å². The Kier molecular flexibility index (Phi) is 4.19. The van der Waals surface area contributed by atoms with Crippen LogP contribution in [0.5, 0.6) is 5.75 Å². The highest BCUT2D eigenvalue weighted by atomic mass is 16.5. The minimum Gasteiger partial charge on any atom is -0.490 e. The molecule has 1 N–H and O–H groups in total. The molecule has 1 heterocycles. The van der Waals surface area contributed by atoms with Gasteiger partial charge >= 0.3 is 0 Å². The van der Waals surface area contributed by atoms with E-state index in [9.17, 15) is 0 Å². The van der Waals surface area contributed by atoms with E-state index in [1.165, 1.54) is 5.56 Å². The van der Waals surface area contributed by atoms with Crippen molar-refractivity contribution in [3.05, 3.63) is 29.8 Å². The number of nitrogens with one attached hydrogen (secondary N) is 1. The van der Waals surface area contributed by atoms with E-state index in [0.717, 1.165) is 38.3 Å². The molecule has 0 unspecified atom stereocenters. The summed E-state index contributed by atoms with van der Waals surface area (Å²) in [4.78, 5) is 0. The number of benzene rings is 1. The molecule has 1 saturated heterocycles. The number of hydrogen-bond acceptors (Lipinski definition) is 3. The first kappa shape index (κ1) is 11.4. The van der Waals surface area contributed by atoms with E-state index in [1.807, 2.05) is 19.2 Å². The van der Waals surface area contributed by atoms with Gasteiger partial charge in [-0.3, -0.25) is 0 Å². The molecule has 1 aromatic carbocycles. The van der Waals surface area contributed by atoms with Gasteiger partial charge in [0.05, 0.1) is 13.2 Å². The Bertz CT molecular complexity index is 321. The topological polar surface area (TPSA) is 30.5 Å². The van der Waals surface area contributed by atoms with Crippen molar-refractivity contribution in [1.29, 1.82) is 0 Å². The maximum absolute atomic E-state index is 5.93. The van der Waals surface area contributed by atoms with Gasteiger partial charge in [-0.1, -0.05) is 12.1 Å². The van der Waals surface area contributed by atoms with Gasteiger partial charge in [0, 0.05) is 19.4 Å². The molecule has 3 nitrogen and oxygen atoms in total. The predicted molar refractivity (Wildman–Crippen MR) is 63.7 cm³/mol. The van der Waals surface area contributed by atoms with Crippen LogP contribution >= 0.6 is 0 Å². The zero-order valence-corrected chi connectivity index (χ0v) is 9.74. The number of rotatable bonds is 4. The van der Waals surface area contributed by atoms with Crippen molar-refractivity contribution in [3.63, 3.8) is 0 Å². The van der Waals surface area contributed by atoms with Gasteiger partial charge < -0.3 is 14.8 Å². The first-order chi connectivity index (χ1) is 7.88. The highest BCUT2D eigenvalue weighted by Gasteiger charge is 2.15. The van der Waals surface area contributed by atoms with Crippen LogP contribution in [-0.4, -0.2) is 26.4 Å². The van der Waals surface area contributed by atoms with Crippen molar-refractivity contribution < 1.29 is 9.47 Å². The van der Waals surface area contributed by atoms with Gasteiger partial charge in [0.25, 0.3) is 0 Å². The third kappa shape index (κ3) is 3.22. The lowest BCUT2D eigenvalue weighted by molar-refractivity contribution is 0.0255. The molecular formula is C13H19NO2. The predicted octanol–water partition coefficient (Wildman–Crippen LogP) is 1.96. The molecule has 0 saturated carbocycles. The molecule has 1 fully saturated rings. The fourth-order valence-corrected chi connectivity index (χ4v) is 1.92. The van der Waals surface area contributed by atoms with Crippen LogP contribution in [0.15, 0.2) is 24.3 Å². The van der Waals surface area contributed by atoms with Crippen LogP contribution in [0, 0.1) is 0 Å². The van der Waals surface area contributed by atoms with E-state index >= 15 is 0 Å². The maximum Gasteiger partial charge on any atom is 0.120 e. The summed E-state index contributed by atoms with van der Waals surface area (Å²) in [5.41, 5.74) is 1.26. The molecule has 0 aromatic heterocycles. The summed E-state index contributed by atoms with van der Waals surface area (Å²) in [6, 6.07) is 8.27. The molecule has 1 aliphatic rings. The Morgan fingerprint density at radius 3 is 2.94 bits per heavy atom. The summed E-state index contributed by atoms with van der Waals surface area (Å²) in [5.74, 6) is 0.972. The number of hydrogen-bond donors (Lipinski definition) is 1. The van der Waals surface area contributed by atoms with Crippen LogP contribution in [0.25, 0.3) is 0 Å². The SMILES string of the molecule is CNCc1cccc(OC2CCOCC2)c1. The van der Waals surface area contributed by atoms with Crippen molar-refractivity contribution in [2.75, 3.05) is 20.3 Å². The van der Waals surface area contributed by atoms with E-state index in [0.29, 0.717) is 6.10 Å². The zero-order valence-electron chi connectivity index (χ0n) is 9.74. The lowest BCUT2D eigenvalue weighted by Gasteiger charge is -2.23. The Morgan fingerprint density at radius 2 is 2.19 bits per heavy atom. The minimum atomic E-state index is 0.318. The summed E-state index contributed by atoms with van der Waals surface area (Å²) in [6.45, 7) is 2.52. The highest BCUT2D eigenvalue weighted by molar-refractivity contribution is 5.28. The molecule has 0 spiro atoms. The molecule has 1 aliphatic heterocycles. The van der Waals surface area contributed by atoms with Crippen LogP contribution in [0.2, 0.25) is 0 Å². The second-order valence-electron chi connectivity index (χ2n) is 4.11. The largest absolute Gasteiger partial charge is 0.490 e. The van der Waals surface area contributed by atoms with Crippen LogP contribution in [0.1, 0.15) is 18.4 Å². The van der Waals surface area contributed by atoms with Crippen molar-refractivity contribution in [2.45, 2.75) is 25.5 Å². The average Bonchev–Trinajstić information content (AvgIpc) is 2.31. The summed E-state index contributed by atoms with van der Waals surface area (Å²) in [6.07, 6.45) is 2.31. The second-order valence-corrected chi connectivity index (χ2v) is 4.11. The summed E-state index contributed by atoms with van der Waals surface area (Å²) in [5, 5.41) is 3.14. The van der Waals surface area contributed by atoms with E-state index in [1.54, 1.807) is 0 Å². The molecule has 3 heteroatoms.